The Hall–Kier alpha value is -0.300. The largest absolute Gasteiger partial charge is 0.377 e. The second-order valence-electron chi connectivity index (χ2n) is 1.55. The van der Waals surface area contributed by atoms with Crippen LogP contribution in [-0.4, -0.2) is 13.2 Å². The third-order valence-corrected chi connectivity index (χ3v) is 0.729. The van der Waals surface area contributed by atoms with Gasteiger partial charge in [0.1, 0.15) is 0 Å². The summed E-state index contributed by atoms with van der Waals surface area (Å²) in [4.78, 5) is 0. The Bertz CT molecular complexity index is 57.4. The van der Waals surface area contributed by atoms with E-state index in [4.69, 9.17) is 4.74 Å². The zero-order valence-corrected chi connectivity index (χ0v) is 5.39. The van der Waals surface area contributed by atoms with E-state index in [0.29, 0.717) is 6.61 Å². The van der Waals surface area contributed by atoms with E-state index in [1.54, 1.807) is 6.08 Å². The van der Waals surface area contributed by atoms with Crippen LogP contribution in [0.2, 0.25) is 0 Å². The van der Waals surface area contributed by atoms with Gasteiger partial charge < -0.3 is 4.74 Å². The fraction of sp³-hybridized carbons (Fsp3) is 0.571. The normalized spacial score (nSPS) is 10.8. The smallest absolute Gasteiger partial charge is 0.0647 e. The SMILES string of the molecule is [CH2]C=CCOCCC. The molecule has 0 aliphatic heterocycles. The summed E-state index contributed by atoms with van der Waals surface area (Å²) in [6, 6.07) is 0. The summed E-state index contributed by atoms with van der Waals surface area (Å²) < 4.78 is 5.10. The second-order valence-corrected chi connectivity index (χ2v) is 1.55. The minimum Gasteiger partial charge on any atom is -0.377 e. The molecule has 0 saturated carbocycles. The molecule has 0 aromatic rings. The van der Waals surface area contributed by atoms with E-state index in [9.17, 15) is 0 Å². The van der Waals surface area contributed by atoms with E-state index in [2.05, 4.69) is 13.8 Å². The van der Waals surface area contributed by atoms with Gasteiger partial charge in [-0.3, -0.25) is 0 Å². The Balaban J connectivity index is 2.72. The first-order valence-electron chi connectivity index (χ1n) is 2.93. The molecule has 1 radical (unpaired) electrons. The van der Waals surface area contributed by atoms with Crippen LogP contribution in [0.25, 0.3) is 0 Å². The molecule has 1 nitrogen and oxygen atoms in total. The van der Waals surface area contributed by atoms with Crippen molar-refractivity contribution in [3.8, 4) is 0 Å². The topological polar surface area (TPSA) is 9.23 Å². The van der Waals surface area contributed by atoms with Gasteiger partial charge in [-0.2, -0.15) is 0 Å². The summed E-state index contributed by atoms with van der Waals surface area (Å²) in [7, 11) is 0. The van der Waals surface area contributed by atoms with Crippen molar-refractivity contribution < 1.29 is 4.74 Å². The van der Waals surface area contributed by atoms with Crippen LogP contribution in [0.4, 0.5) is 0 Å². The predicted molar refractivity (Wildman–Crippen MR) is 35.6 cm³/mol. The molecule has 0 unspecified atom stereocenters. The third kappa shape index (κ3) is 5.70. The molecule has 0 bridgehead atoms. The quantitative estimate of drug-likeness (QED) is 0.505. The summed E-state index contributed by atoms with van der Waals surface area (Å²) in [6.45, 7) is 7.17. The van der Waals surface area contributed by atoms with Crippen LogP contribution in [-0.2, 0) is 4.74 Å². The van der Waals surface area contributed by atoms with Gasteiger partial charge in [0.05, 0.1) is 6.61 Å². The fourth-order valence-corrected chi connectivity index (χ4v) is 0.364. The minimum absolute atomic E-state index is 0.706. The first-order chi connectivity index (χ1) is 3.91. The lowest BCUT2D eigenvalue weighted by atomic mass is 10.5. The van der Waals surface area contributed by atoms with Crippen LogP contribution in [0.5, 0.6) is 0 Å². The lowest BCUT2D eigenvalue weighted by molar-refractivity contribution is 0.163. The molecule has 0 aliphatic carbocycles. The first kappa shape index (κ1) is 7.70. The van der Waals surface area contributed by atoms with Gasteiger partial charge in [-0.05, 0) is 13.3 Å². The third-order valence-electron chi connectivity index (χ3n) is 0.729. The fourth-order valence-electron chi connectivity index (χ4n) is 0.364. The van der Waals surface area contributed by atoms with E-state index < -0.39 is 0 Å². The molecule has 0 heterocycles. The molecule has 0 rings (SSSR count). The average molecular weight is 113 g/mol. The van der Waals surface area contributed by atoms with Gasteiger partial charge in [0, 0.05) is 6.61 Å². The Kier molecular flexibility index (Phi) is 6.45. The molecule has 0 aromatic carbocycles. The molecule has 0 aromatic heterocycles. The number of ether oxygens (including phenoxy) is 1. The number of hydrogen-bond acceptors (Lipinski definition) is 1. The lowest BCUT2D eigenvalue weighted by Crippen LogP contribution is -1.90. The molecule has 1 heteroatoms. The van der Waals surface area contributed by atoms with Gasteiger partial charge in [0.2, 0.25) is 0 Å². The van der Waals surface area contributed by atoms with Gasteiger partial charge in [-0.15, -0.1) is 0 Å². The maximum Gasteiger partial charge on any atom is 0.0647 e. The van der Waals surface area contributed by atoms with Crippen molar-refractivity contribution in [3.05, 3.63) is 19.1 Å². The Labute approximate surface area is 51.4 Å². The zero-order chi connectivity index (χ0) is 6.24. The maximum atomic E-state index is 5.10. The molecule has 0 atom stereocenters. The van der Waals surface area contributed by atoms with Crippen molar-refractivity contribution in [3.63, 3.8) is 0 Å². The Morgan fingerprint density at radius 3 is 2.88 bits per heavy atom. The van der Waals surface area contributed by atoms with Crippen molar-refractivity contribution in [1.82, 2.24) is 0 Å². The van der Waals surface area contributed by atoms with Crippen molar-refractivity contribution in [2.45, 2.75) is 13.3 Å². The highest BCUT2D eigenvalue weighted by molar-refractivity contribution is 4.83. The summed E-state index contributed by atoms with van der Waals surface area (Å²) in [5.74, 6) is 0. The Morgan fingerprint density at radius 1 is 1.62 bits per heavy atom. The van der Waals surface area contributed by atoms with Crippen molar-refractivity contribution in [2.24, 2.45) is 0 Å². The van der Waals surface area contributed by atoms with Crippen LogP contribution in [0.1, 0.15) is 13.3 Å². The van der Waals surface area contributed by atoms with Crippen LogP contribution in [0, 0.1) is 6.92 Å². The van der Waals surface area contributed by atoms with E-state index in [-0.39, 0.29) is 0 Å². The summed E-state index contributed by atoms with van der Waals surface area (Å²) in [6.07, 6.45) is 4.73. The van der Waals surface area contributed by atoms with E-state index >= 15 is 0 Å². The molecule has 0 N–H and O–H groups in total. The highest BCUT2D eigenvalue weighted by atomic mass is 16.5. The van der Waals surface area contributed by atoms with Crippen LogP contribution >= 0.6 is 0 Å². The van der Waals surface area contributed by atoms with Crippen molar-refractivity contribution in [2.75, 3.05) is 13.2 Å². The van der Waals surface area contributed by atoms with Gasteiger partial charge in [-0.1, -0.05) is 19.1 Å². The number of allylic oxidation sites excluding steroid dienone is 1. The van der Waals surface area contributed by atoms with Crippen LogP contribution in [0.3, 0.4) is 0 Å². The van der Waals surface area contributed by atoms with E-state index in [1.165, 1.54) is 0 Å². The Morgan fingerprint density at radius 2 is 2.38 bits per heavy atom. The van der Waals surface area contributed by atoms with Crippen molar-refractivity contribution >= 4 is 0 Å². The standard InChI is InChI=1S/C7H13O/c1-3-5-7-8-6-4-2/h3,5H,1,4,6-7H2,2H3. The monoisotopic (exact) mass is 113 g/mol. The maximum absolute atomic E-state index is 5.10. The van der Waals surface area contributed by atoms with Gasteiger partial charge in [-0.25, -0.2) is 0 Å². The molecule has 0 fully saturated rings. The van der Waals surface area contributed by atoms with Gasteiger partial charge >= 0.3 is 0 Å². The molecule has 8 heavy (non-hydrogen) atoms. The lowest BCUT2D eigenvalue weighted by Gasteiger charge is -1.93. The molecule has 0 amide bonds. The molecule has 0 spiro atoms. The minimum atomic E-state index is 0.706. The molecular weight excluding hydrogens is 100 g/mol. The van der Waals surface area contributed by atoms with E-state index in [1.807, 2.05) is 6.08 Å². The molecular formula is C7H13O. The first-order valence-corrected chi connectivity index (χ1v) is 2.93. The highest BCUT2D eigenvalue weighted by Gasteiger charge is 1.76. The highest BCUT2D eigenvalue weighted by Crippen LogP contribution is 1.79. The van der Waals surface area contributed by atoms with Crippen molar-refractivity contribution in [1.29, 1.82) is 0 Å². The van der Waals surface area contributed by atoms with Gasteiger partial charge in [0.25, 0.3) is 0 Å². The zero-order valence-electron chi connectivity index (χ0n) is 5.39. The summed E-state index contributed by atoms with van der Waals surface area (Å²) >= 11 is 0. The van der Waals surface area contributed by atoms with Crippen LogP contribution in [0.15, 0.2) is 12.2 Å². The molecule has 0 saturated heterocycles. The van der Waals surface area contributed by atoms with E-state index in [0.717, 1.165) is 13.0 Å². The summed E-state index contributed by atoms with van der Waals surface area (Å²) in [5.41, 5.74) is 0. The molecule has 0 aliphatic rings. The molecule has 47 valence electrons. The predicted octanol–water partition coefficient (Wildman–Crippen LogP) is 1.80. The second kappa shape index (κ2) is 6.70. The van der Waals surface area contributed by atoms with Crippen LogP contribution < -0.4 is 0 Å². The number of rotatable bonds is 4. The average Bonchev–Trinajstić information content (AvgIpc) is 1.81. The summed E-state index contributed by atoms with van der Waals surface area (Å²) in [5, 5.41) is 0. The number of hydrogen-bond donors (Lipinski definition) is 0. The van der Waals surface area contributed by atoms with Gasteiger partial charge in [0.15, 0.2) is 0 Å².